The third-order valence-corrected chi connectivity index (χ3v) is 16.9. The van der Waals surface area contributed by atoms with Crippen molar-refractivity contribution < 1.29 is 0 Å². The summed E-state index contributed by atoms with van der Waals surface area (Å²) in [7, 11) is 4.03. The van der Waals surface area contributed by atoms with Gasteiger partial charge in [0.05, 0.1) is 5.92 Å². The van der Waals surface area contributed by atoms with E-state index in [1.807, 2.05) is 21.6 Å². The molecular weight excluding hydrogens is 577 g/mol. The van der Waals surface area contributed by atoms with Crippen molar-refractivity contribution in [2.45, 2.75) is 32.1 Å². The molecule has 38 heavy (non-hydrogen) atoms. The molecule has 0 spiro atoms. The van der Waals surface area contributed by atoms with Crippen molar-refractivity contribution in [2.75, 3.05) is 0 Å². The van der Waals surface area contributed by atoms with Crippen LogP contribution in [0.15, 0.2) is 106 Å². The molecule has 6 heteroatoms. The van der Waals surface area contributed by atoms with Crippen LogP contribution < -0.4 is 0 Å². The molecule has 0 fully saturated rings. The molecule has 5 atom stereocenters. The second-order valence-electron chi connectivity index (χ2n) is 10.0. The van der Waals surface area contributed by atoms with Crippen LogP contribution in [0.25, 0.3) is 11.0 Å². The van der Waals surface area contributed by atoms with Crippen molar-refractivity contribution in [2.24, 2.45) is 17.8 Å². The predicted molar refractivity (Wildman–Crippen MR) is 186 cm³/mol. The molecule has 0 nitrogen and oxygen atoms in total. The zero-order chi connectivity index (χ0) is 26.2. The van der Waals surface area contributed by atoms with Gasteiger partial charge in [-0.2, -0.15) is 0 Å². The summed E-state index contributed by atoms with van der Waals surface area (Å²) in [6.07, 6.45) is 21.3. The maximum atomic E-state index is 6.92. The second-order valence-corrected chi connectivity index (χ2v) is 21.1. The molecular formula is C32H32S6. The summed E-state index contributed by atoms with van der Waals surface area (Å²) in [4.78, 5) is 4.00. The highest BCUT2D eigenvalue weighted by atomic mass is 33.5. The Morgan fingerprint density at radius 2 is 1.95 bits per heavy atom. The van der Waals surface area contributed by atoms with Gasteiger partial charge in [0.2, 0.25) is 0 Å². The van der Waals surface area contributed by atoms with E-state index in [1.165, 1.54) is 43.2 Å². The van der Waals surface area contributed by atoms with Crippen molar-refractivity contribution in [3.63, 3.8) is 0 Å². The standard InChI is InChI=1S/C32H32S6/c1-4-23-19-29-30(20-38(33)36-32(29)24-12-6-5-7-13-24)28-18-22-11-10-16-27(28)31(23)35-37(3)34-21(2)26-15-9-8-14-25(26)17-22/h3-9,12,14-15,17-18,23,29-30,33,37-38H,1-2,10-11,13,16,19H2/b22-17+,32-24+. The van der Waals surface area contributed by atoms with Crippen LogP contribution in [0.5, 0.6) is 0 Å². The first-order valence-corrected chi connectivity index (χ1v) is 21.2. The van der Waals surface area contributed by atoms with E-state index in [0.717, 1.165) is 37.0 Å². The lowest BCUT2D eigenvalue weighted by molar-refractivity contribution is 0.476. The maximum Gasteiger partial charge on any atom is 0.0516 e. The lowest BCUT2D eigenvalue weighted by Crippen LogP contribution is -2.20. The average Bonchev–Trinajstić information content (AvgIpc) is 3.19. The summed E-state index contributed by atoms with van der Waals surface area (Å²) in [5.74, 6) is 0.897. The SMILES string of the molecule is C#[SH]1SC(=C)c2ccccc2/C=C2/C=C3C(=C(S1)C(C=C)CC1/C(=C4/C=CC=CC4)S[SH](S)#CC31)CCC2. The van der Waals surface area contributed by atoms with Gasteiger partial charge in [-0.3, -0.25) is 0 Å². The highest BCUT2D eigenvalue weighted by molar-refractivity contribution is 9.14. The van der Waals surface area contributed by atoms with Crippen LogP contribution >= 0.6 is 60.8 Å². The van der Waals surface area contributed by atoms with Gasteiger partial charge < -0.3 is 0 Å². The maximum absolute atomic E-state index is 6.92. The Hall–Kier alpha value is -1.20. The molecule has 2 heterocycles. The number of thiol groups is 3. The summed E-state index contributed by atoms with van der Waals surface area (Å²) in [5, 5.41) is 3.99. The van der Waals surface area contributed by atoms with Crippen LogP contribution in [0.4, 0.5) is 0 Å². The molecule has 5 aliphatic rings. The summed E-state index contributed by atoms with van der Waals surface area (Å²) in [6, 6.07) is 8.63. The lowest BCUT2D eigenvalue weighted by Gasteiger charge is -2.32. The van der Waals surface area contributed by atoms with Crippen LogP contribution in [0, 0.1) is 28.6 Å². The Morgan fingerprint density at radius 1 is 1.08 bits per heavy atom. The average molecular weight is 609 g/mol. The van der Waals surface area contributed by atoms with E-state index in [0.29, 0.717) is 5.92 Å². The summed E-state index contributed by atoms with van der Waals surface area (Å²) < 4.78 is 0. The van der Waals surface area contributed by atoms with Crippen molar-refractivity contribution in [1.29, 1.82) is 0 Å². The van der Waals surface area contributed by atoms with Crippen molar-refractivity contribution in [3.05, 3.63) is 117 Å². The Morgan fingerprint density at radius 3 is 2.76 bits per heavy atom. The molecule has 0 saturated heterocycles. The van der Waals surface area contributed by atoms with Gasteiger partial charge in [0.1, 0.15) is 0 Å². The smallest absolute Gasteiger partial charge is 0.0516 e. The number of fused-ring (bicyclic) bond motifs is 3. The molecule has 6 rings (SSSR count). The molecule has 0 amide bonds. The summed E-state index contributed by atoms with van der Waals surface area (Å²) in [5.41, 5.74) is 15.1. The third-order valence-electron chi connectivity index (χ3n) is 7.71. The fourth-order valence-electron chi connectivity index (χ4n) is 5.98. The monoisotopic (exact) mass is 608 g/mol. The molecule has 2 aliphatic heterocycles. The van der Waals surface area contributed by atoms with Crippen LogP contribution in [-0.4, -0.2) is 0 Å². The van der Waals surface area contributed by atoms with Gasteiger partial charge in [-0.1, -0.05) is 122 Å². The Kier molecular flexibility index (Phi) is 8.33. The van der Waals surface area contributed by atoms with Crippen molar-refractivity contribution >= 4 is 71.8 Å². The van der Waals surface area contributed by atoms with Crippen LogP contribution in [-0.2, 0) is 0 Å². The number of allylic oxidation sites excluding steroid dienone is 12. The normalized spacial score (nSPS) is 34.1. The number of hydrogen-bond donors (Lipinski definition) is 3. The van der Waals surface area contributed by atoms with Crippen LogP contribution in [0.3, 0.4) is 0 Å². The van der Waals surface area contributed by atoms with Gasteiger partial charge in [-0.15, -0.1) is 29.1 Å². The van der Waals surface area contributed by atoms with E-state index in [2.05, 4.69) is 85.1 Å². The molecule has 4 bridgehead atoms. The van der Waals surface area contributed by atoms with E-state index in [-0.39, 0.29) is 11.8 Å². The van der Waals surface area contributed by atoms with Gasteiger partial charge in [-0.25, -0.2) is 0 Å². The topological polar surface area (TPSA) is 0 Å². The molecule has 5 unspecified atom stereocenters. The minimum absolute atomic E-state index is 0.239. The van der Waals surface area contributed by atoms with E-state index >= 15 is 0 Å². The quantitative estimate of drug-likeness (QED) is 0.165. The molecule has 3 aliphatic carbocycles. The van der Waals surface area contributed by atoms with Gasteiger partial charge in [0.25, 0.3) is 0 Å². The molecule has 0 saturated carbocycles. The van der Waals surface area contributed by atoms with E-state index < -0.39 is 16.7 Å². The highest BCUT2D eigenvalue weighted by Gasteiger charge is 2.40. The predicted octanol–water partition coefficient (Wildman–Crippen LogP) is 11.0. The fraction of sp³-hybridized carbons (Fsp3) is 0.250. The molecule has 1 aromatic carbocycles. The first kappa shape index (κ1) is 27.0. The van der Waals surface area contributed by atoms with Gasteiger partial charge >= 0.3 is 0 Å². The molecule has 0 radical (unpaired) electrons. The minimum atomic E-state index is -0.889. The van der Waals surface area contributed by atoms with E-state index in [1.54, 1.807) is 10.8 Å². The first-order chi connectivity index (χ1) is 18.5. The number of hydrogen-bond acceptors (Lipinski definition) is 4. The van der Waals surface area contributed by atoms with Gasteiger partial charge in [0, 0.05) is 26.6 Å². The second kappa shape index (κ2) is 11.7. The van der Waals surface area contributed by atoms with Crippen LogP contribution in [0.2, 0.25) is 0 Å². The van der Waals surface area contributed by atoms with Crippen molar-refractivity contribution in [3.8, 4) is 10.9 Å². The zero-order valence-corrected chi connectivity index (χ0v) is 26.3. The molecule has 1 aromatic rings. The number of benzene rings is 1. The van der Waals surface area contributed by atoms with Gasteiger partial charge in [-0.05, 0) is 65.5 Å². The lowest BCUT2D eigenvalue weighted by atomic mass is 9.80. The molecule has 0 N–H and O–H groups in total. The van der Waals surface area contributed by atoms with Crippen molar-refractivity contribution in [1.82, 2.24) is 0 Å². The Bertz CT molecular complexity index is 1570. The van der Waals surface area contributed by atoms with Crippen LogP contribution in [0.1, 0.15) is 43.2 Å². The fourth-order valence-corrected chi connectivity index (χ4v) is 16.0. The minimum Gasteiger partial charge on any atom is -0.128 e. The Balaban J connectivity index is 1.61. The largest absolute Gasteiger partial charge is 0.128 e. The highest BCUT2D eigenvalue weighted by Crippen LogP contribution is 2.61. The zero-order valence-electron chi connectivity index (χ0n) is 21.2. The molecule has 0 aromatic heterocycles. The Labute approximate surface area is 247 Å². The first-order valence-electron chi connectivity index (χ1n) is 13.0. The van der Waals surface area contributed by atoms with Gasteiger partial charge in [0.15, 0.2) is 0 Å². The molecule has 196 valence electrons. The third kappa shape index (κ3) is 5.40. The van der Waals surface area contributed by atoms with E-state index in [9.17, 15) is 0 Å². The van der Waals surface area contributed by atoms with E-state index in [4.69, 9.17) is 17.3 Å². The summed E-state index contributed by atoms with van der Waals surface area (Å²) in [6.45, 7) is 8.81. The summed E-state index contributed by atoms with van der Waals surface area (Å²) >= 11 is 5.06. The number of rotatable bonds is 1.